The highest BCUT2D eigenvalue weighted by Gasteiger charge is 2.25. The van der Waals surface area contributed by atoms with Gasteiger partial charge in [-0.2, -0.15) is 0 Å². The molecule has 1 aliphatic rings. The average Bonchev–Trinajstić information content (AvgIpc) is 2.58. The Bertz CT molecular complexity index is 756. The van der Waals surface area contributed by atoms with Gasteiger partial charge in [-0.1, -0.05) is 6.07 Å². The van der Waals surface area contributed by atoms with Gasteiger partial charge < -0.3 is 19.7 Å². The van der Waals surface area contributed by atoms with E-state index in [9.17, 15) is 9.59 Å². The number of methoxy groups -OCH3 is 1. The third-order valence-electron chi connectivity index (χ3n) is 3.66. The fraction of sp³-hybridized carbons (Fsp3) is 0.176. The molecule has 2 aromatic carbocycles. The Labute approximate surface area is 133 Å². The summed E-state index contributed by atoms with van der Waals surface area (Å²) >= 11 is 0. The van der Waals surface area contributed by atoms with Crippen molar-refractivity contribution in [3.63, 3.8) is 0 Å². The highest BCUT2D eigenvalue weighted by atomic mass is 16.5. The quantitative estimate of drug-likeness (QED) is 0.944. The molecule has 0 aromatic heterocycles. The highest BCUT2D eigenvalue weighted by molar-refractivity contribution is 6.09. The number of nitrogens with one attached hydrogen (secondary N) is 1. The van der Waals surface area contributed by atoms with E-state index < -0.39 is 0 Å². The van der Waals surface area contributed by atoms with Crippen LogP contribution in [0.15, 0.2) is 42.5 Å². The van der Waals surface area contributed by atoms with Gasteiger partial charge in [0.2, 0.25) is 0 Å². The van der Waals surface area contributed by atoms with E-state index in [1.165, 1.54) is 4.90 Å². The Morgan fingerprint density at radius 1 is 1.22 bits per heavy atom. The third-order valence-corrected chi connectivity index (χ3v) is 3.66. The van der Waals surface area contributed by atoms with Crippen LogP contribution in [0, 0.1) is 0 Å². The number of rotatable bonds is 3. The first kappa shape index (κ1) is 14.9. The number of benzene rings is 2. The molecular formula is C17H16N2O4. The summed E-state index contributed by atoms with van der Waals surface area (Å²) in [6.45, 7) is -0.000615. The number of hydrogen-bond donors (Lipinski definition) is 1. The number of anilines is 2. The van der Waals surface area contributed by atoms with Crippen molar-refractivity contribution in [3.8, 4) is 11.5 Å². The zero-order chi connectivity index (χ0) is 16.4. The Balaban J connectivity index is 1.88. The van der Waals surface area contributed by atoms with E-state index in [-0.39, 0.29) is 18.4 Å². The molecule has 2 aromatic rings. The van der Waals surface area contributed by atoms with E-state index in [4.69, 9.17) is 9.47 Å². The number of likely N-dealkylation sites (N-methyl/N-ethyl adjacent to an activating group) is 1. The van der Waals surface area contributed by atoms with Gasteiger partial charge in [0.1, 0.15) is 17.2 Å². The van der Waals surface area contributed by atoms with Gasteiger partial charge in [0.05, 0.1) is 12.8 Å². The van der Waals surface area contributed by atoms with Gasteiger partial charge >= 0.3 is 0 Å². The lowest BCUT2D eigenvalue weighted by molar-refractivity contribution is -0.120. The molecular weight excluding hydrogens is 296 g/mol. The minimum absolute atomic E-state index is 0.000615. The molecule has 6 heteroatoms. The maximum atomic E-state index is 12.4. The maximum Gasteiger partial charge on any atom is 0.264 e. The lowest BCUT2D eigenvalue weighted by Crippen LogP contribution is -2.36. The van der Waals surface area contributed by atoms with Crippen molar-refractivity contribution in [2.24, 2.45) is 0 Å². The Morgan fingerprint density at radius 2 is 1.96 bits per heavy atom. The first-order valence-corrected chi connectivity index (χ1v) is 7.08. The van der Waals surface area contributed by atoms with Crippen LogP contribution in [0.25, 0.3) is 0 Å². The number of carbonyl (C=O) groups excluding carboxylic acids is 2. The molecule has 23 heavy (non-hydrogen) atoms. The van der Waals surface area contributed by atoms with Crippen molar-refractivity contribution in [2.75, 3.05) is 31.0 Å². The lowest BCUT2D eigenvalue weighted by Gasteiger charge is -2.28. The zero-order valence-corrected chi connectivity index (χ0v) is 12.8. The molecule has 0 saturated heterocycles. The molecule has 0 radical (unpaired) electrons. The van der Waals surface area contributed by atoms with Crippen LogP contribution in [0.2, 0.25) is 0 Å². The largest absolute Gasteiger partial charge is 0.497 e. The molecule has 0 aliphatic carbocycles. The van der Waals surface area contributed by atoms with Crippen LogP contribution in [-0.4, -0.2) is 32.6 Å². The van der Waals surface area contributed by atoms with Gasteiger partial charge in [-0.05, 0) is 36.4 Å². The number of hydrogen-bond acceptors (Lipinski definition) is 4. The number of fused-ring (bicyclic) bond motifs is 1. The topological polar surface area (TPSA) is 67.9 Å². The van der Waals surface area contributed by atoms with Crippen LogP contribution in [0.4, 0.5) is 11.4 Å². The van der Waals surface area contributed by atoms with Crippen LogP contribution in [0.3, 0.4) is 0 Å². The molecule has 0 fully saturated rings. The first-order chi connectivity index (χ1) is 11.1. The minimum Gasteiger partial charge on any atom is -0.497 e. The number of amides is 2. The molecule has 6 nitrogen and oxygen atoms in total. The molecule has 0 saturated carbocycles. The summed E-state index contributed by atoms with van der Waals surface area (Å²) in [6, 6.07) is 12.1. The van der Waals surface area contributed by atoms with Crippen molar-refractivity contribution in [2.45, 2.75) is 0 Å². The van der Waals surface area contributed by atoms with Crippen molar-refractivity contribution < 1.29 is 19.1 Å². The number of ether oxygens (including phenoxy) is 2. The second-order valence-corrected chi connectivity index (χ2v) is 5.08. The highest BCUT2D eigenvalue weighted by Crippen LogP contribution is 2.38. The summed E-state index contributed by atoms with van der Waals surface area (Å²) in [5.41, 5.74) is 1.58. The zero-order valence-electron chi connectivity index (χ0n) is 12.8. The first-order valence-electron chi connectivity index (χ1n) is 7.08. The van der Waals surface area contributed by atoms with Crippen LogP contribution < -0.4 is 19.7 Å². The van der Waals surface area contributed by atoms with E-state index in [0.29, 0.717) is 28.4 Å². The Morgan fingerprint density at radius 3 is 2.65 bits per heavy atom. The monoisotopic (exact) mass is 312 g/mol. The van der Waals surface area contributed by atoms with Crippen molar-refractivity contribution in [3.05, 3.63) is 48.0 Å². The van der Waals surface area contributed by atoms with Crippen molar-refractivity contribution in [1.82, 2.24) is 0 Å². The van der Waals surface area contributed by atoms with Crippen LogP contribution in [0.5, 0.6) is 11.5 Å². The molecule has 1 heterocycles. The second-order valence-electron chi connectivity index (χ2n) is 5.08. The van der Waals surface area contributed by atoms with E-state index >= 15 is 0 Å². The van der Waals surface area contributed by atoms with Gasteiger partial charge in [-0.25, -0.2) is 0 Å². The third kappa shape index (κ3) is 2.83. The van der Waals surface area contributed by atoms with Crippen LogP contribution in [0.1, 0.15) is 10.4 Å². The molecule has 1 aliphatic heterocycles. The summed E-state index contributed by atoms with van der Waals surface area (Å²) in [5.74, 6) is 0.813. The second kappa shape index (κ2) is 6.00. The van der Waals surface area contributed by atoms with Crippen LogP contribution in [-0.2, 0) is 4.79 Å². The SMILES string of the molecule is COc1ccc(C(=O)Nc2cccc3c2N(C)C(=O)CO3)cc1. The molecule has 0 bridgehead atoms. The smallest absolute Gasteiger partial charge is 0.264 e. The van der Waals surface area contributed by atoms with Crippen molar-refractivity contribution >= 4 is 23.2 Å². The van der Waals surface area contributed by atoms with E-state index in [1.807, 2.05) is 0 Å². The minimum atomic E-state index is -0.271. The van der Waals surface area contributed by atoms with Crippen molar-refractivity contribution in [1.29, 1.82) is 0 Å². The summed E-state index contributed by atoms with van der Waals surface area (Å²) in [4.78, 5) is 25.7. The maximum absolute atomic E-state index is 12.4. The summed E-state index contributed by atoms with van der Waals surface area (Å²) in [6.07, 6.45) is 0. The predicted molar refractivity (Wildman–Crippen MR) is 86.3 cm³/mol. The van der Waals surface area contributed by atoms with Crippen LogP contribution >= 0.6 is 0 Å². The van der Waals surface area contributed by atoms with E-state index in [0.717, 1.165) is 0 Å². The van der Waals surface area contributed by atoms with E-state index in [2.05, 4.69) is 5.32 Å². The number of carbonyl (C=O) groups is 2. The summed E-state index contributed by atoms with van der Waals surface area (Å²) < 4.78 is 10.5. The molecule has 1 N–H and O–H groups in total. The fourth-order valence-corrected chi connectivity index (χ4v) is 2.38. The summed E-state index contributed by atoms with van der Waals surface area (Å²) in [5, 5.41) is 2.82. The number of nitrogens with zero attached hydrogens (tertiary/aromatic N) is 1. The lowest BCUT2D eigenvalue weighted by atomic mass is 10.1. The fourth-order valence-electron chi connectivity index (χ4n) is 2.38. The Kier molecular flexibility index (Phi) is 3.89. The van der Waals surface area contributed by atoms with Gasteiger partial charge in [0, 0.05) is 12.6 Å². The number of para-hydroxylation sites is 1. The average molecular weight is 312 g/mol. The Hall–Kier alpha value is -3.02. The molecule has 118 valence electrons. The summed E-state index contributed by atoms with van der Waals surface area (Å²) in [7, 11) is 3.23. The van der Waals surface area contributed by atoms with E-state index in [1.54, 1.807) is 56.6 Å². The molecule has 3 rings (SSSR count). The molecule has 0 spiro atoms. The normalized spacial score (nSPS) is 13.1. The molecule has 0 atom stereocenters. The van der Waals surface area contributed by atoms with Gasteiger partial charge in [0.15, 0.2) is 6.61 Å². The van der Waals surface area contributed by atoms with Gasteiger partial charge in [-0.3, -0.25) is 9.59 Å². The van der Waals surface area contributed by atoms with Gasteiger partial charge in [0.25, 0.3) is 11.8 Å². The standard InChI is InChI=1S/C17H16N2O4/c1-19-15(20)10-23-14-5-3-4-13(16(14)19)18-17(21)11-6-8-12(22-2)9-7-11/h3-9H,10H2,1-2H3,(H,18,21). The predicted octanol–water partition coefficient (Wildman–Crippen LogP) is 2.30. The van der Waals surface area contributed by atoms with Gasteiger partial charge in [-0.15, -0.1) is 0 Å². The molecule has 0 unspecified atom stereocenters. The molecule has 2 amide bonds.